The molecule has 0 spiro atoms. The first-order chi connectivity index (χ1) is 3.67. The molecule has 0 bridgehead atoms. The van der Waals surface area contributed by atoms with Gasteiger partial charge in [-0.2, -0.15) is 0 Å². The molecule has 0 saturated carbocycles. The van der Waals surface area contributed by atoms with Crippen LogP contribution in [-0.4, -0.2) is 31.2 Å². The normalized spacial score (nSPS) is 32.6. The third kappa shape index (κ3) is 1.03. The maximum atomic E-state index is 2.31. The van der Waals surface area contributed by atoms with Gasteiger partial charge >= 0.3 is 0 Å². The van der Waals surface area contributed by atoms with Crippen LogP contribution in [0.25, 0.3) is 0 Å². The van der Waals surface area contributed by atoms with E-state index < -0.39 is 0 Å². The van der Waals surface area contributed by atoms with Gasteiger partial charge in [0.15, 0.2) is 0 Å². The van der Waals surface area contributed by atoms with E-state index >= 15 is 0 Å². The van der Waals surface area contributed by atoms with Crippen LogP contribution < -0.4 is 0 Å². The van der Waals surface area contributed by atoms with E-state index in [9.17, 15) is 0 Å². The zero-order valence-corrected chi connectivity index (χ0v) is 6.15. The maximum absolute atomic E-state index is 2.31. The third-order valence-corrected chi connectivity index (χ3v) is 2.16. The van der Waals surface area contributed by atoms with Crippen molar-refractivity contribution in [2.75, 3.05) is 20.6 Å². The molecule has 0 N–H and O–H groups in total. The highest BCUT2D eigenvalue weighted by Crippen LogP contribution is 2.27. The van der Waals surface area contributed by atoms with Crippen LogP contribution in [0.1, 0.15) is 19.8 Å². The Bertz CT molecular complexity index is 86.4. The maximum Gasteiger partial charge on any atom is 0.138 e. The van der Waals surface area contributed by atoms with Crippen LogP contribution in [-0.2, 0) is 0 Å². The second-order valence-electron chi connectivity index (χ2n) is 3.40. The SMILES string of the molecule is CCCC1C[N+]1(C)C. The molecule has 0 aromatic carbocycles. The fourth-order valence-corrected chi connectivity index (χ4v) is 1.27. The van der Waals surface area contributed by atoms with E-state index in [1.54, 1.807) is 0 Å². The second-order valence-corrected chi connectivity index (χ2v) is 3.40. The summed E-state index contributed by atoms with van der Waals surface area (Å²) in [5.74, 6) is 0. The highest BCUT2D eigenvalue weighted by atomic mass is 15.5. The fraction of sp³-hybridized carbons (Fsp3) is 1.00. The lowest BCUT2D eigenvalue weighted by atomic mass is 10.3. The van der Waals surface area contributed by atoms with Crippen LogP contribution in [0, 0.1) is 0 Å². The van der Waals surface area contributed by atoms with Crippen LogP contribution in [0.15, 0.2) is 0 Å². The topological polar surface area (TPSA) is 0 Å². The second kappa shape index (κ2) is 1.73. The first-order valence-corrected chi connectivity index (χ1v) is 3.49. The van der Waals surface area contributed by atoms with Crippen molar-refractivity contribution in [2.45, 2.75) is 25.8 Å². The smallest absolute Gasteiger partial charge is 0.138 e. The molecule has 1 atom stereocenters. The van der Waals surface area contributed by atoms with Crippen LogP contribution in [0.2, 0.25) is 0 Å². The number of rotatable bonds is 2. The van der Waals surface area contributed by atoms with E-state index in [0.29, 0.717) is 0 Å². The summed E-state index contributed by atoms with van der Waals surface area (Å²) in [7, 11) is 4.61. The Morgan fingerprint density at radius 1 is 1.50 bits per heavy atom. The van der Waals surface area contributed by atoms with Gasteiger partial charge in [-0.1, -0.05) is 13.3 Å². The molecule has 1 unspecified atom stereocenters. The van der Waals surface area contributed by atoms with Crippen molar-refractivity contribution < 1.29 is 4.48 Å². The number of likely N-dealkylation sites (N-methyl/N-ethyl adjacent to an activating group) is 1. The molecule has 48 valence electrons. The molecule has 1 heterocycles. The standard InChI is InChI=1S/C7H16N/c1-4-5-7-6-8(7,2)3/h7H,4-6H2,1-3H3/q+1. The average molecular weight is 114 g/mol. The van der Waals surface area contributed by atoms with E-state index in [1.807, 2.05) is 0 Å². The van der Waals surface area contributed by atoms with Crippen molar-refractivity contribution in [2.24, 2.45) is 0 Å². The van der Waals surface area contributed by atoms with E-state index in [-0.39, 0.29) is 0 Å². The van der Waals surface area contributed by atoms with Gasteiger partial charge in [0, 0.05) is 6.42 Å². The zero-order chi connectivity index (χ0) is 6.20. The summed E-state index contributed by atoms with van der Waals surface area (Å²) in [5, 5.41) is 0. The first kappa shape index (κ1) is 6.09. The predicted molar refractivity (Wildman–Crippen MR) is 35.7 cm³/mol. The summed E-state index contributed by atoms with van der Waals surface area (Å²) in [4.78, 5) is 0. The number of nitrogens with zero attached hydrogens (tertiary/aromatic N) is 1. The molecule has 0 radical (unpaired) electrons. The Hall–Kier alpha value is -0.0400. The van der Waals surface area contributed by atoms with E-state index in [2.05, 4.69) is 21.0 Å². The Morgan fingerprint density at radius 2 is 2.00 bits per heavy atom. The summed E-state index contributed by atoms with van der Waals surface area (Å²) in [6.45, 7) is 3.67. The monoisotopic (exact) mass is 114 g/mol. The highest BCUT2D eigenvalue weighted by Gasteiger charge is 2.45. The van der Waals surface area contributed by atoms with Crippen molar-refractivity contribution >= 4 is 0 Å². The molecule has 0 aromatic rings. The van der Waals surface area contributed by atoms with Gasteiger partial charge in [0.1, 0.15) is 12.6 Å². The summed E-state index contributed by atoms with van der Waals surface area (Å²) >= 11 is 0. The van der Waals surface area contributed by atoms with Gasteiger partial charge in [-0.25, -0.2) is 0 Å². The molecule has 1 rings (SSSR count). The minimum atomic E-state index is 1.000. The van der Waals surface area contributed by atoms with Gasteiger partial charge in [-0.3, -0.25) is 0 Å². The van der Waals surface area contributed by atoms with Gasteiger partial charge in [0.25, 0.3) is 0 Å². The van der Waals surface area contributed by atoms with Crippen LogP contribution >= 0.6 is 0 Å². The van der Waals surface area contributed by atoms with Crippen molar-refractivity contribution in [3.05, 3.63) is 0 Å². The van der Waals surface area contributed by atoms with Crippen LogP contribution in [0.4, 0.5) is 0 Å². The molecule has 0 aromatic heterocycles. The molecule has 0 aliphatic carbocycles. The van der Waals surface area contributed by atoms with Gasteiger partial charge in [-0.15, -0.1) is 0 Å². The van der Waals surface area contributed by atoms with Crippen molar-refractivity contribution in [3.8, 4) is 0 Å². The number of hydrogen-bond donors (Lipinski definition) is 0. The van der Waals surface area contributed by atoms with E-state index in [4.69, 9.17) is 0 Å². The zero-order valence-electron chi connectivity index (χ0n) is 6.15. The molecule has 1 nitrogen and oxygen atoms in total. The van der Waals surface area contributed by atoms with Gasteiger partial charge in [0.05, 0.1) is 14.1 Å². The molecule has 1 fully saturated rings. The van der Waals surface area contributed by atoms with Crippen molar-refractivity contribution in [3.63, 3.8) is 0 Å². The molecular weight excluding hydrogens is 98.1 g/mol. The molecule has 0 amide bonds. The Kier molecular flexibility index (Phi) is 1.31. The number of hydrogen-bond acceptors (Lipinski definition) is 0. The lowest BCUT2D eigenvalue weighted by molar-refractivity contribution is -0.769. The summed E-state index contributed by atoms with van der Waals surface area (Å²) in [6.07, 6.45) is 2.78. The quantitative estimate of drug-likeness (QED) is 0.374. The molecule has 8 heavy (non-hydrogen) atoms. The predicted octanol–water partition coefficient (Wildman–Crippen LogP) is 1.25. The molecule has 1 aliphatic heterocycles. The van der Waals surface area contributed by atoms with Gasteiger partial charge < -0.3 is 4.48 Å². The summed E-state index contributed by atoms with van der Waals surface area (Å²) in [5.41, 5.74) is 0. The third-order valence-electron chi connectivity index (χ3n) is 2.16. The largest absolute Gasteiger partial charge is 0.316 e. The first-order valence-electron chi connectivity index (χ1n) is 3.49. The van der Waals surface area contributed by atoms with Crippen molar-refractivity contribution in [1.29, 1.82) is 0 Å². The summed E-state index contributed by atoms with van der Waals surface area (Å²) < 4.78 is 1.27. The lowest BCUT2D eigenvalue weighted by Crippen LogP contribution is -2.15. The van der Waals surface area contributed by atoms with E-state index in [1.165, 1.54) is 23.9 Å². The minimum absolute atomic E-state index is 1.000. The van der Waals surface area contributed by atoms with E-state index in [0.717, 1.165) is 6.04 Å². The van der Waals surface area contributed by atoms with Crippen LogP contribution in [0.3, 0.4) is 0 Å². The summed E-state index contributed by atoms with van der Waals surface area (Å²) in [6, 6.07) is 1.000. The molecule has 1 saturated heterocycles. The van der Waals surface area contributed by atoms with Gasteiger partial charge in [0.2, 0.25) is 0 Å². The Morgan fingerprint density at radius 3 is 2.12 bits per heavy atom. The highest BCUT2D eigenvalue weighted by molar-refractivity contribution is 4.68. The Labute approximate surface area is 51.9 Å². The molecule has 1 heteroatoms. The number of quaternary nitrogens is 1. The fourth-order valence-electron chi connectivity index (χ4n) is 1.27. The Balaban J connectivity index is 2.17. The van der Waals surface area contributed by atoms with Crippen LogP contribution in [0.5, 0.6) is 0 Å². The molecule has 1 aliphatic rings. The minimum Gasteiger partial charge on any atom is -0.316 e. The average Bonchev–Trinajstić information content (AvgIpc) is 2.15. The lowest BCUT2D eigenvalue weighted by Gasteiger charge is -2.03. The van der Waals surface area contributed by atoms with Gasteiger partial charge in [-0.05, 0) is 0 Å². The molecular formula is C7H16N+. The van der Waals surface area contributed by atoms with Crippen molar-refractivity contribution in [1.82, 2.24) is 0 Å².